The number of aliphatic hydroxyl groups excluding tert-OH is 2. The monoisotopic (exact) mass is 1220 g/mol. The number of rotatable bonds is 15. The van der Waals surface area contributed by atoms with Crippen molar-refractivity contribution < 1.29 is 53.2 Å². The van der Waals surface area contributed by atoms with E-state index in [1.54, 1.807) is 68.4 Å². The van der Waals surface area contributed by atoms with Gasteiger partial charge in [-0.3, -0.25) is 29.1 Å². The van der Waals surface area contributed by atoms with Gasteiger partial charge in [-0.2, -0.15) is 0 Å². The summed E-state index contributed by atoms with van der Waals surface area (Å²) in [4.78, 5) is 90.0. The molecule has 3 saturated heterocycles. The lowest BCUT2D eigenvalue weighted by Gasteiger charge is -2.43. The number of piperazine rings is 3. The molecule has 0 radical (unpaired) electrons. The maximum atomic E-state index is 13.6. The standard InChI is InChI=1S/C27H33N3O4.C27H37N3O4.C16H22N2O3/c1-19(16-21-12-9-13-22(17-21)28-5)24(31)23-25(32)29(18-20-10-7-6-8-11-20)14-15-30(23)26(33)34-27(2,3)4;1-5-19-12-9-13-21(16-19)17-22(28)24(31)23-25(32)29(18-20-10-7-6-8-11-20)14-15-30(23)26(33)34-27(2,3)4;1-16(2,3)21-15(20)18-10-9-17(14(19)12-18)11-13-7-5-4-6-8-13/h6-13,17,19,23-24,31H,14-16,18H2,1-4H3;6-13,16,22-24,31H,5,14-15,17-18,28H2,1-4H3;4-8H,9-12H2,1-3H3/t19-,23-,24-;22-,23-,24-;/m00./s1. The van der Waals surface area contributed by atoms with Crippen LogP contribution in [-0.4, -0.2) is 169 Å². The van der Waals surface area contributed by atoms with Crippen LogP contribution in [0.1, 0.15) is 110 Å². The Morgan fingerprint density at radius 2 is 0.921 bits per heavy atom. The molecule has 19 heteroatoms. The maximum Gasteiger partial charge on any atom is 0.411 e. The van der Waals surface area contributed by atoms with Crippen molar-refractivity contribution in [3.05, 3.63) is 184 Å². The Morgan fingerprint density at radius 1 is 0.528 bits per heavy atom. The van der Waals surface area contributed by atoms with Crippen LogP contribution in [0.5, 0.6) is 0 Å². The third kappa shape index (κ3) is 21.5. The number of hydrogen-bond donors (Lipinski definition) is 3. The van der Waals surface area contributed by atoms with Gasteiger partial charge in [0.25, 0.3) is 0 Å². The van der Waals surface area contributed by atoms with E-state index in [9.17, 15) is 39.0 Å². The zero-order valence-corrected chi connectivity index (χ0v) is 53.7. The van der Waals surface area contributed by atoms with Crippen LogP contribution in [0, 0.1) is 12.5 Å². The van der Waals surface area contributed by atoms with Crippen molar-refractivity contribution in [2.45, 2.75) is 162 Å². The molecular weight excluding hydrogens is 1130 g/mol. The normalized spacial score (nSPS) is 17.8. The summed E-state index contributed by atoms with van der Waals surface area (Å²) >= 11 is 0. The van der Waals surface area contributed by atoms with Gasteiger partial charge in [0.15, 0.2) is 5.69 Å². The van der Waals surface area contributed by atoms with E-state index >= 15 is 0 Å². The summed E-state index contributed by atoms with van der Waals surface area (Å²) in [5, 5.41) is 22.6. The molecule has 0 aromatic heterocycles. The summed E-state index contributed by atoms with van der Waals surface area (Å²) in [5.41, 5.74) is 11.1. The zero-order valence-electron chi connectivity index (χ0n) is 53.7. The second-order valence-corrected chi connectivity index (χ2v) is 25.9. The Morgan fingerprint density at radius 3 is 1.36 bits per heavy atom. The molecule has 3 heterocycles. The fraction of sp³-hybridized carbons (Fsp3) is 0.471. The summed E-state index contributed by atoms with van der Waals surface area (Å²) in [5.74, 6) is -1.01. The maximum absolute atomic E-state index is 13.6. The number of nitrogens with two attached hydrogens (primary N) is 1. The van der Waals surface area contributed by atoms with Gasteiger partial charge in [0.2, 0.25) is 17.7 Å². The van der Waals surface area contributed by atoms with Crippen molar-refractivity contribution in [2.24, 2.45) is 11.7 Å². The van der Waals surface area contributed by atoms with Crippen LogP contribution in [0.3, 0.4) is 0 Å². The fourth-order valence-electron chi connectivity index (χ4n) is 10.6. The number of nitrogens with zero attached hydrogens (tertiary/aromatic N) is 7. The number of benzene rings is 5. The van der Waals surface area contributed by atoms with E-state index in [-0.39, 0.29) is 43.3 Å². The Bertz CT molecular complexity index is 3180. The molecule has 478 valence electrons. The Balaban J connectivity index is 0.000000219. The molecule has 3 aliphatic rings. The van der Waals surface area contributed by atoms with Crippen molar-refractivity contribution in [1.82, 2.24) is 29.4 Å². The van der Waals surface area contributed by atoms with Crippen molar-refractivity contribution in [3.63, 3.8) is 0 Å². The highest BCUT2D eigenvalue weighted by atomic mass is 16.6. The zero-order chi connectivity index (χ0) is 65.2. The van der Waals surface area contributed by atoms with Gasteiger partial charge in [-0.05, 0) is 115 Å². The molecule has 6 atom stereocenters. The SMILES string of the molecule is CC(C)(C)OC(=O)N1CCN(Cc2ccccc2)C(=O)C1.CCc1cccc(C[C@H](N)[C@H](O)[C@H]2C(=O)N(Cc3ccccc3)CCN2C(=O)OC(C)(C)C)c1.[C-]#[N+]c1cccc(C[C@H](C)[C@H](O)[C@H]2C(=O)N(Cc3ccccc3)CCN2C(=O)OC(C)(C)C)c1. The van der Waals surface area contributed by atoms with Gasteiger partial charge in [-0.15, -0.1) is 0 Å². The van der Waals surface area contributed by atoms with E-state index in [0.717, 1.165) is 34.2 Å². The van der Waals surface area contributed by atoms with Gasteiger partial charge in [-0.1, -0.05) is 159 Å². The molecular formula is C70H92N8O11. The quantitative estimate of drug-likeness (QED) is 0.0659. The van der Waals surface area contributed by atoms with Crippen LogP contribution < -0.4 is 5.73 Å². The number of aryl methyl sites for hydroxylation is 1. The van der Waals surface area contributed by atoms with E-state index in [1.807, 2.05) is 149 Å². The lowest BCUT2D eigenvalue weighted by molar-refractivity contribution is -0.149. The third-order valence-electron chi connectivity index (χ3n) is 15.0. The first kappa shape index (κ1) is 69.8. The first-order valence-electron chi connectivity index (χ1n) is 30.6. The molecule has 4 N–H and O–H groups in total. The largest absolute Gasteiger partial charge is 0.444 e. The van der Waals surface area contributed by atoms with Crippen LogP contribution in [0.15, 0.2) is 140 Å². The summed E-state index contributed by atoms with van der Waals surface area (Å²) in [6.45, 7) is 31.0. The van der Waals surface area contributed by atoms with Gasteiger partial charge >= 0.3 is 18.3 Å². The number of carbonyl (C=O) groups excluding carboxylic acids is 6. The number of carbonyl (C=O) groups is 6. The van der Waals surface area contributed by atoms with Gasteiger partial charge in [0.05, 0.1) is 18.8 Å². The van der Waals surface area contributed by atoms with E-state index in [0.29, 0.717) is 64.3 Å². The number of aliphatic hydroxyl groups is 2. The number of ether oxygens (including phenoxy) is 3. The second kappa shape index (κ2) is 31.7. The van der Waals surface area contributed by atoms with Crippen molar-refractivity contribution in [2.75, 3.05) is 45.8 Å². The first-order chi connectivity index (χ1) is 42.0. The third-order valence-corrected chi connectivity index (χ3v) is 15.0. The predicted molar refractivity (Wildman–Crippen MR) is 342 cm³/mol. The van der Waals surface area contributed by atoms with E-state index in [4.69, 9.17) is 26.5 Å². The van der Waals surface area contributed by atoms with E-state index in [2.05, 4.69) is 17.8 Å². The first-order valence-corrected chi connectivity index (χ1v) is 30.6. The molecule has 0 saturated carbocycles. The van der Waals surface area contributed by atoms with Crippen LogP contribution in [0.2, 0.25) is 0 Å². The summed E-state index contributed by atoms with van der Waals surface area (Å²) in [6, 6.07) is 41.5. The molecule has 0 unspecified atom stereocenters. The molecule has 0 spiro atoms. The van der Waals surface area contributed by atoms with Gasteiger partial charge in [-0.25, -0.2) is 19.2 Å². The van der Waals surface area contributed by atoms with Crippen LogP contribution in [-0.2, 0) is 67.5 Å². The van der Waals surface area contributed by atoms with Crippen molar-refractivity contribution in [3.8, 4) is 0 Å². The van der Waals surface area contributed by atoms with Crippen LogP contribution in [0.25, 0.3) is 4.85 Å². The summed E-state index contributed by atoms with van der Waals surface area (Å²) < 4.78 is 16.4. The molecule has 8 rings (SSSR count). The predicted octanol–water partition coefficient (Wildman–Crippen LogP) is 9.82. The summed E-state index contributed by atoms with van der Waals surface area (Å²) in [6.07, 6.45) is -2.24. The molecule has 89 heavy (non-hydrogen) atoms. The topological polar surface area (TPSA) is 220 Å². The molecule has 19 nitrogen and oxygen atoms in total. The van der Waals surface area contributed by atoms with Gasteiger partial charge in [0, 0.05) is 64.9 Å². The minimum Gasteiger partial charge on any atom is -0.444 e. The minimum atomic E-state index is -1.25. The summed E-state index contributed by atoms with van der Waals surface area (Å²) in [7, 11) is 0. The van der Waals surface area contributed by atoms with Gasteiger partial charge < -0.3 is 44.9 Å². The highest BCUT2D eigenvalue weighted by molar-refractivity contribution is 5.89. The van der Waals surface area contributed by atoms with Crippen LogP contribution in [0.4, 0.5) is 20.1 Å². The van der Waals surface area contributed by atoms with Crippen molar-refractivity contribution in [1.29, 1.82) is 0 Å². The number of amides is 6. The molecule has 3 aliphatic heterocycles. The number of hydrogen-bond acceptors (Lipinski definition) is 12. The van der Waals surface area contributed by atoms with E-state index < -0.39 is 65.4 Å². The average Bonchev–Trinajstić information content (AvgIpc) is 1.36. The second-order valence-electron chi connectivity index (χ2n) is 25.9. The molecule has 5 aromatic rings. The van der Waals surface area contributed by atoms with Crippen LogP contribution >= 0.6 is 0 Å². The molecule has 5 aromatic carbocycles. The molecule has 6 amide bonds. The Labute approximate surface area is 526 Å². The van der Waals surface area contributed by atoms with Gasteiger partial charge in [0.1, 0.15) is 35.4 Å². The highest BCUT2D eigenvalue weighted by Gasteiger charge is 2.47. The smallest absolute Gasteiger partial charge is 0.411 e. The lowest BCUT2D eigenvalue weighted by Crippen LogP contribution is -2.65. The minimum absolute atomic E-state index is 0.0454. The Hall–Kier alpha value is -8.31. The Kier molecular flexibility index (Phi) is 24.9. The molecule has 0 aliphatic carbocycles. The lowest BCUT2D eigenvalue weighted by atomic mass is 9.89. The van der Waals surface area contributed by atoms with Crippen molar-refractivity contribution >= 4 is 41.7 Å². The molecule has 3 fully saturated rings. The highest BCUT2D eigenvalue weighted by Crippen LogP contribution is 2.28. The fourth-order valence-corrected chi connectivity index (χ4v) is 10.6. The molecule has 0 bridgehead atoms. The van der Waals surface area contributed by atoms with E-state index in [1.165, 1.54) is 20.3 Å². The average molecular weight is 1220 g/mol.